The predicted octanol–water partition coefficient (Wildman–Crippen LogP) is 6.47. The molecule has 51 heavy (non-hydrogen) atoms. The summed E-state index contributed by atoms with van der Waals surface area (Å²) in [6, 6.07) is 11.4. The molecule has 0 radical (unpaired) electrons. The van der Waals surface area contributed by atoms with Gasteiger partial charge >= 0.3 is 0 Å². The lowest BCUT2D eigenvalue weighted by molar-refractivity contribution is -0.121. The topological polar surface area (TPSA) is 149 Å². The van der Waals surface area contributed by atoms with Crippen molar-refractivity contribution in [3.8, 4) is 35.4 Å². The lowest BCUT2D eigenvalue weighted by Gasteiger charge is -2.35. The Labute approximate surface area is 299 Å². The zero-order valence-corrected chi connectivity index (χ0v) is 29.3. The number of H-pyrrole nitrogens is 1. The minimum Gasteiger partial charge on any atom is -0.465 e. The number of Topliss-reactive ketones (excluding diaryl/α,β-unsaturated/α-hetero) is 1. The molecule has 2 aromatic carbocycles. The van der Waals surface area contributed by atoms with Crippen LogP contribution in [0.1, 0.15) is 117 Å². The Kier molecular flexibility index (Phi) is 10.3. The molecule has 0 saturated heterocycles. The van der Waals surface area contributed by atoms with Crippen molar-refractivity contribution in [2.24, 2.45) is 22.8 Å². The van der Waals surface area contributed by atoms with Crippen molar-refractivity contribution < 1.29 is 24.5 Å². The van der Waals surface area contributed by atoms with Crippen molar-refractivity contribution >= 4 is 16.7 Å². The van der Waals surface area contributed by atoms with Crippen molar-refractivity contribution in [1.29, 1.82) is 0 Å². The highest BCUT2D eigenvalue weighted by Crippen LogP contribution is 2.50. The maximum Gasteiger partial charge on any atom is 0.191 e. The number of fused-ring (bicyclic) bond motifs is 6. The molecule has 0 amide bonds. The molecule has 1 fully saturated rings. The number of aliphatic hydroxyl groups is 2. The van der Waals surface area contributed by atoms with E-state index in [2.05, 4.69) is 52.7 Å². The monoisotopic (exact) mass is 688 g/mol. The van der Waals surface area contributed by atoms with Crippen molar-refractivity contribution in [2.45, 2.75) is 109 Å². The number of carbonyl (C=O) groups excluding carboxylic acids is 1. The number of aromatic amines is 1. The van der Waals surface area contributed by atoms with Gasteiger partial charge in [-0.3, -0.25) is 4.79 Å². The second-order valence-electron chi connectivity index (χ2n) is 14.6. The van der Waals surface area contributed by atoms with E-state index in [4.69, 9.17) is 20.9 Å². The second-order valence-corrected chi connectivity index (χ2v) is 14.6. The van der Waals surface area contributed by atoms with Crippen molar-refractivity contribution in [2.75, 3.05) is 0 Å². The van der Waals surface area contributed by atoms with E-state index >= 15 is 0 Å². The number of nitrogens with zero attached hydrogens (tertiary/aromatic N) is 1. The highest BCUT2D eigenvalue weighted by molar-refractivity contribution is 5.83. The van der Waals surface area contributed by atoms with Crippen molar-refractivity contribution in [1.82, 2.24) is 9.55 Å². The molecule has 2 aromatic heterocycles. The number of ether oxygens (including phenoxy) is 2. The Morgan fingerprint density at radius 2 is 1.92 bits per heavy atom. The maximum absolute atomic E-state index is 12.8. The SMILES string of the molecule is CCCCCC(O)CC(=O)CCc1ccc2c(c1)OC1C(C#CC(O)c3ccc(C(N)N)cc3Cc3c[nH]c4cn1cc34)C1(C#CO2)CCCC1. The van der Waals surface area contributed by atoms with Crippen LogP contribution in [0.5, 0.6) is 11.5 Å². The molecule has 3 aliphatic rings. The Bertz CT molecular complexity index is 2010. The number of aryl methyl sites for hydroxylation is 1. The fraction of sp³-hybridized carbons (Fsp3) is 0.452. The largest absolute Gasteiger partial charge is 0.465 e. The fourth-order valence-electron chi connectivity index (χ4n) is 7.97. The van der Waals surface area contributed by atoms with Gasteiger partial charge in [0.1, 0.15) is 18.0 Å². The van der Waals surface area contributed by atoms with E-state index in [-0.39, 0.29) is 12.2 Å². The highest BCUT2D eigenvalue weighted by Gasteiger charge is 2.46. The lowest BCUT2D eigenvalue weighted by Crippen LogP contribution is -2.35. The summed E-state index contributed by atoms with van der Waals surface area (Å²) in [5, 5.41) is 23.0. The summed E-state index contributed by atoms with van der Waals surface area (Å²) < 4.78 is 15.2. The Balaban J connectivity index is 1.26. The highest BCUT2D eigenvalue weighted by atomic mass is 16.5. The van der Waals surface area contributed by atoms with Gasteiger partial charge in [0, 0.05) is 43.2 Å². The first-order valence-corrected chi connectivity index (χ1v) is 18.4. The van der Waals surface area contributed by atoms with Crippen LogP contribution in [-0.2, 0) is 17.6 Å². The maximum atomic E-state index is 12.8. The quantitative estimate of drug-likeness (QED) is 0.0729. The van der Waals surface area contributed by atoms with Crippen molar-refractivity contribution in [3.63, 3.8) is 0 Å². The van der Waals surface area contributed by atoms with E-state index in [9.17, 15) is 15.0 Å². The van der Waals surface area contributed by atoms with Gasteiger partial charge in [-0.05, 0) is 65.6 Å². The van der Waals surface area contributed by atoms with Gasteiger partial charge in [0.05, 0.1) is 29.1 Å². The van der Waals surface area contributed by atoms with Gasteiger partial charge in [0.2, 0.25) is 0 Å². The average Bonchev–Trinajstić information content (AvgIpc) is 3.86. The number of nitrogens with one attached hydrogen (secondary N) is 1. The molecule has 9 heteroatoms. The van der Waals surface area contributed by atoms with Crippen LogP contribution in [-0.4, -0.2) is 31.7 Å². The van der Waals surface area contributed by atoms with Crippen LogP contribution in [0.4, 0.5) is 0 Å². The van der Waals surface area contributed by atoms with Gasteiger partial charge in [0.15, 0.2) is 17.7 Å². The van der Waals surface area contributed by atoms with Crippen LogP contribution in [0.2, 0.25) is 0 Å². The normalized spacial score (nSPS) is 20.9. The van der Waals surface area contributed by atoms with E-state index in [1.54, 1.807) is 0 Å². The first-order chi connectivity index (χ1) is 24.7. The average molecular weight is 689 g/mol. The van der Waals surface area contributed by atoms with E-state index in [1.165, 1.54) is 0 Å². The number of benzene rings is 2. The van der Waals surface area contributed by atoms with E-state index < -0.39 is 35.9 Å². The Morgan fingerprint density at radius 3 is 2.73 bits per heavy atom. The molecule has 4 aromatic rings. The molecule has 1 aliphatic carbocycles. The zero-order chi connectivity index (χ0) is 35.5. The minimum atomic E-state index is -1.05. The minimum absolute atomic E-state index is 0.0452. The summed E-state index contributed by atoms with van der Waals surface area (Å²) in [5.41, 5.74) is 16.9. The van der Waals surface area contributed by atoms with Gasteiger partial charge in [-0.1, -0.05) is 81.1 Å². The molecule has 1 spiro atoms. The number of aliphatic hydroxyl groups excluding tert-OH is 2. The van der Waals surface area contributed by atoms with Gasteiger partial charge in [-0.2, -0.15) is 0 Å². The molecule has 4 atom stereocenters. The van der Waals surface area contributed by atoms with Gasteiger partial charge < -0.3 is 40.7 Å². The van der Waals surface area contributed by atoms with E-state index in [1.807, 2.05) is 42.6 Å². The lowest BCUT2D eigenvalue weighted by atomic mass is 9.73. The molecule has 4 unspecified atom stereocenters. The predicted molar refractivity (Wildman–Crippen MR) is 196 cm³/mol. The van der Waals surface area contributed by atoms with Gasteiger partial charge in [-0.25, -0.2) is 0 Å². The third kappa shape index (κ3) is 7.45. The molecule has 2 bridgehead atoms. The number of rotatable bonds is 10. The summed E-state index contributed by atoms with van der Waals surface area (Å²) >= 11 is 0. The van der Waals surface area contributed by atoms with Crippen LogP contribution in [0, 0.1) is 35.2 Å². The number of hydrogen-bond acceptors (Lipinski definition) is 7. The van der Waals surface area contributed by atoms with Gasteiger partial charge in [0.25, 0.3) is 0 Å². The van der Waals surface area contributed by atoms with E-state index in [0.29, 0.717) is 37.2 Å². The van der Waals surface area contributed by atoms with Crippen LogP contribution >= 0.6 is 0 Å². The summed E-state index contributed by atoms with van der Waals surface area (Å²) in [6.07, 6.45) is 15.3. The standard InChI is InChI=1S/C42H48N4O5/c1-2-3-4-7-31(47)23-32(48)11-8-27-9-15-38-39(20-27)51-41-35(42(18-19-50-38)16-5-6-17-42)13-14-37(49)33-12-10-28(40(43)44)21-29(33)22-30-24-45-36-26-46(41)25-34(30)36/h9-10,12,15,20-21,24-26,31,35,37,40-41,45,47,49H,2-8,11,16-17,22-23,43-44H2,1H3. The number of hydrogen-bond donors (Lipinski definition) is 5. The third-order valence-electron chi connectivity index (χ3n) is 10.9. The fourth-order valence-corrected chi connectivity index (χ4v) is 7.97. The summed E-state index contributed by atoms with van der Waals surface area (Å²) in [5.74, 6) is 10.9. The summed E-state index contributed by atoms with van der Waals surface area (Å²) in [6.45, 7) is 2.12. The molecule has 266 valence electrons. The molecule has 7 rings (SSSR count). The smallest absolute Gasteiger partial charge is 0.191 e. The van der Waals surface area contributed by atoms with Crippen LogP contribution in [0.15, 0.2) is 55.0 Å². The van der Waals surface area contributed by atoms with E-state index in [0.717, 1.165) is 83.7 Å². The Morgan fingerprint density at radius 1 is 1.08 bits per heavy atom. The number of ketones is 1. The molecule has 1 saturated carbocycles. The van der Waals surface area contributed by atoms with Crippen LogP contribution in [0.3, 0.4) is 0 Å². The van der Waals surface area contributed by atoms with Crippen LogP contribution < -0.4 is 20.9 Å². The molecule has 4 heterocycles. The Hall–Kier alpha value is -4.51. The number of aromatic nitrogens is 2. The van der Waals surface area contributed by atoms with Gasteiger partial charge in [-0.15, -0.1) is 0 Å². The van der Waals surface area contributed by atoms with Crippen LogP contribution in [0.25, 0.3) is 10.9 Å². The second kappa shape index (κ2) is 15.0. The molecule has 7 N–H and O–H groups in total. The molecular formula is C42H48N4O5. The molecular weight excluding hydrogens is 640 g/mol. The number of carbonyl (C=O) groups is 1. The molecule has 9 nitrogen and oxygen atoms in total. The first kappa shape index (κ1) is 34.9. The number of unbranched alkanes of at least 4 members (excludes halogenated alkanes) is 2. The number of nitrogens with two attached hydrogens (primary N) is 2. The molecule has 2 aliphatic heterocycles. The first-order valence-electron chi connectivity index (χ1n) is 18.4. The summed E-state index contributed by atoms with van der Waals surface area (Å²) in [4.78, 5) is 16.2. The zero-order valence-electron chi connectivity index (χ0n) is 29.3. The summed E-state index contributed by atoms with van der Waals surface area (Å²) in [7, 11) is 0. The third-order valence-corrected chi connectivity index (χ3v) is 10.9. The van der Waals surface area contributed by atoms with Crippen molar-refractivity contribution in [3.05, 3.63) is 82.8 Å².